The molecule has 0 radical (unpaired) electrons. The highest BCUT2D eigenvalue weighted by Crippen LogP contribution is 2.31. The number of likely N-dealkylation sites (N-methyl/N-ethyl adjacent to an activating group) is 1. The SMILES string of the molecule is C=CC(=O)Cc1ccccc1Nc1nc(Nc2ccc(N3CCN(C)CC3)cc2)ncc1-c1ccc(OC)nc1. The van der Waals surface area contributed by atoms with Crippen LogP contribution in [0.5, 0.6) is 5.88 Å². The smallest absolute Gasteiger partial charge is 0.229 e. The van der Waals surface area contributed by atoms with Crippen LogP contribution in [0.25, 0.3) is 11.1 Å². The summed E-state index contributed by atoms with van der Waals surface area (Å²) in [6.45, 7) is 7.76. The maximum atomic E-state index is 12.1. The van der Waals surface area contributed by atoms with Crippen LogP contribution in [-0.4, -0.2) is 66.0 Å². The van der Waals surface area contributed by atoms with E-state index in [0.29, 0.717) is 17.6 Å². The molecule has 0 spiro atoms. The minimum absolute atomic E-state index is 0.0566. The highest BCUT2D eigenvalue weighted by Gasteiger charge is 2.16. The number of hydrogen-bond acceptors (Lipinski definition) is 9. The van der Waals surface area contributed by atoms with Crippen LogP contribution in [-0.2, 0) is 11.2 Å². The summed E-state index contributed by atoms with van der Waals surface area (Å²) in [6.07, 6.45) is 5.06. The van der Waals surface area contributed by atoms with Gasteiger partial charge in [0, 0.05) is 79.2 Å². The zero-order chi connectivity index (χ0) is 27.9. The van der Waals surface area contributed by atoms with Gasteiger partial charge in [0.2, 0.25) is 11.8 Å². The number of rotatable bonds is 10. The van der Waals surface area contributed by atoms with Gasteiger partial charge in [-0.05, 0) is 55.1 Å². The minimum Gasteiger partial charge on any atom is -0.481 e. The third kappa shape index (κ3) is 6.44. The fourth-order valence-electron chi connectivity index (χ4n) is 4.54. The second-order valence-electron chi connectivity index (χ2n) is 9.64. The number of hydrogen-bond donors (Lipinski definition) is 2. The number of nitrogens with zero attached hydrogens (tertiary/aromatic N) is 5. The molecule has 2 N–H and O–H groups in total. The molecule has 1 saturated heterocycles. The third-order valence-corrected chi connectivity index (χ3v) is 6.90. The molecule has 0 aliphatic carbocycles. The zero-order valence-corrected chi connectivity index (χ0v) is 22.8. The van der Waals surface area contributed by atoms with Crippen LogP contribution in [0.1, 0.15) is 5.56 Å². The van der Waals surface area contributed by atoms with Crippen molar-refractivity contribution in [1.29, 1.82) is 0 Å². The molecule has 40 heavy (non-hydrogen) atoms. The van der Waals surface area contributed by atoms with Gasteiger partial charge in [0.05, 0.1) is 7.11 Å². The van der Waals surface area contributed by atoms with Gasteiger partial charge in [-0.15, -0.1) is 0 Å². The van der Waals surface area contributed by atoms with Crippen molar-refractivity contribution < 1.29 is 9.53 Å². The first-order valence-electron chi connectivity index (χ1n) is 13.2. The zero-order valence-electron chi connectivity index (χ0n) is 22.8. The number of methoxy groups -OCH3 is 1. The van der Waals surface area contributed by atoms with Crippen LogP contribution >= 0.6 is 0 Å². The first kappa shape index (κ1) is 26.8. The normalized spacial score (nSPS) is 13.5. The Morgan fingerprint density at radius 1 is 0.975 bits per heavy atom. The molecule has 0 atom stereocenters. The largest absolute Gasteiger partial charge is 0.481 e. The van der Waals surface area contributed by atoms with E-state index in [0.717, 1.165) is 54.2 Å². The highest BCUT2D eigenvalue weighted by atomic mass is 16.5. The third-order valence-electron chi connectivity index (χ3n) is 6.90. The van der Waals surface area contributed by atoms with E-state index >= 15 is 0 Å². The number of carbonyl (C=O) groups excluding carboxylic acids is 1. The monoisotopic (exact) mass is 535 g/mol. The number of allylic oxidation sites excluding steroid dienone is 1. The van der Waals surface area contributed by atoms with Crippen LogP contribution in [0.3, 0.4) is 0 Å². The lowest BCUT2D eigenvalue weighted by molar-refractivity contribution is -0.114. The summed E-state index contributed by atoms with van der Waals surface area (Å²) in [4.78, 5) is 30.6. The van der Waals surface area contributed by atoms with Crippen molar-refractivity contribution in [2.24, 2.45) is 0 Å². The molecule has 0 saturated carbocycles. The van der Waals surface area contributed by atoms with Crippen molar-refractivity contribution in [3.8, 4) is 17.0 Å². The van der Waals surface area contributed by atoms with Gasteiger partial charge in [-0.2, -0.15) is 4.98 Å². The van der Waals surface area contributed by atoms with Gasteiger partial charge in [-0.3, -0.25) is 4.79 Å². The average Bonchev–Trinajstić information content (AvgIpc) is 2.99. The predicted molar refractivity (Wildman–Crippen MR) is 160 cm³/mol. The Morgan fingerprint density at radius 2 is 1.75 bits per heavy atom. The van der Waals surface area contributed by atoms with Crippen LogP contribution in [0, 0.1) is 0 Å². The summed E-state index contributed by atoms with van der Waals surface area (Å²) in [6, 6.07) is 19.7. The first-order valence-corrected chi connectivity index (χ1v) is 13.2. The lowest BCUT2D eigenvalue weighted by Gasteiger charge is -2.34. The van der Waals surface area contributed by atoms with E-state index in [1.54, 1.807) is 25.6 Å². The lowest BCUT2D eigenvalue weighted by Crippen LogP contribution is -2.44. The molecule has 5 rings (SSSR count). The Balaban J connectivity index is 1.43. The van der Waals surface area contributed by atoms with Gasteiger partial charge >= 0.3 is 0 Å². The van der Waals surface area contributed by atoms with Crippen molar-refractivity contribution in [3.63, 3.8) is 0 Å². The summed E-state index contributed by atoms with van der Waals surface area (Å²) in [5.74, 6) is 1.49. The molecule has 3 heterocycles. The lowest BCUT2D eigenvalue weighted by atomic mass is 10.1. The van der Waals surface area contributed by atoms with Gasteiger partial charge in [0.25, 0.3) is 0 Å². The number of pyridine rings is 1. The fraction of sp³-hybridized carbons (Fsp3) is 0.226. The summed E-state index contributed by atoms with van der Waals surface area (Å²) in [5.41, 5.74) is 5.30. The highest BCUT2D eigenvalue weighted by molar-refractivity contribution is 5.92. The number of anilines is 5. The summed E-state index contributed by atoms with van der Waals surface area (Å²) < 4.78 is 5.22. The van der Waals surface area contributed by atoms with E-state index in [1.807, 2.05) is 42.5 Å². The summed E-state index contributed by atoms with van der Waals surface area (Å²) >= 11 is 0. The average molecular weight is 536 g/mol. The molecule has 2 aromatic carbocycles. The maximum Gasteiger partial charge on any atom is 0.229 e. The maximum absolute atomic E-state index is 12.1. The molecule has 9 nitrogen and oxygen atoms in total. The van der Waals surface area contributed by atoms with Crippen molar-refractivity contribution in [3.05, 3.63) is 91.3 Å². The van der Waals surface area contributed by atoms with Crippen molar-refractivity contribution in [2.45, 2.75) is 6.42 Å². The molecular weight excluding hydrogens is 502 g/mol. The van der Waals surface area contributed by atoms with Gasteiger partial charge in [0.1, 0.15) is 5.82 Å². The molecule has 9 heteroatoms. The molecule has 0 bridgehead atoms. The Labute approximate surface area is 234 Å². The molecule has 0 amide bonds. The number of para-hydroxylation sites is 1. The van der Waals surface area contributed by atoms with Crippen molar-refractivity contribution >= 4 is 34.6 Å². The Kier molecular flexibility index (Phi) is 8.32. The first-order chi connectivity index (χ1) is 19.5. The van der Waals surface area contributed by atoms with E-state index in [2.05, 4.69) is 56.2 Å². The van der Waals surface area contributed by atoms with Crippen molar-refractivity contribution in [2.75, 3.05) is 55.9 Å². The second kappa shape index (κ2) is 12.4. The Morgan fingerprint density at radius 3 is 2.45 bits per heavy atom. The van der Waals surface area contributed by atoms with E-state index in [1.165, 1.54) is 11.8 Å². The molecular formula is C31H33N7O2. The number of carbonyl (C=O) groups is 1. The number of benzene rings is 2. The quantitative estimate of drug-likeness (QED) is 0.269. The fourth-order valence-corrected chi connectivity index (χ4v) is 4.54. The molecule has 2 aromatic heterocycles. The van der Waals surface area contributed by atoms with Crippen LogP contribution in [0.2, 0.25) is 0 Å². The summed E-state index contributed by atoms with van der Waals surface area (Å²) in [5, 5.41) is 6.76. The molecule has 4 aromatic rings. The molecule has 1 aliphatic heterocycles. The van der Waals surface area contributed by atoms with Gasteiger partial charge in [0.15, 0.2) is 5.78 Å². The number of ether oxygens (including phenoxy) is 1. The standard InChI is InChI=1S/C31H33N7O2/c1-4-26(39)19-22-7-5-6-8-28(22)35-30-27(23-9-14-29(40-3)32-20-23)21-33-31(36-30)34-24-10-12-25(13-11-24)38-17-15-37(2)16-18-38/h4-14,20-21H,1,15-19H2,2-3H3,(H2,33,34,35,36). The van der Waals surface area contributed by atoms with Gasteiger partial charge in [-0.1, -0.05) is 24.8 Å². The molecule has 1 aliphatic rings. The molecule has 1 fully saturated rings. The Bertz CT molecular complexity index is 1460. The minimum atomic E-state index is -0.0566. The van der Waals surface area contributed by atoms with E-state index in [9.17, 15) is 4.79 Å². The van der Waals surface area contributed by atoms with Crippen molar-refractivity contribution in [1.82, 2.24) is 19.9 Å². The van der Waals surface area contributed by atoms with E-state index in [-0.39, 0.29) is 12.2 Å². The number of nitrogens with one attached hydrogen (secondary N) is 2. The summed E-state index contributed by atoms with van der Waals surface area (Å²) in [7, 11) is 3.74. The van der Waals surface area contributed by atoms with Crippen LogP contribution in [0.15, 0.2) is 85.7 Å². The van der Waals surface area contributed by atoms with Gasteiger partial charge < -0.3 is 25.2 Å². The Hall–Kier alpha value is -4.76. The van der Waals surface area contributed by atoms with Gasteiger partial charge in [-0.25, -0.2) is 9.97 Å². The van der Waals surface area contributed by atoms with Crippen LogP contribution < -0.4 is 20.3 Å². The van der Waals surface area contributed by atoms with Crippen LogP contribution in [0.4, 0.5) is 28.8 Å². The number of aromatic nitrogens is 3. The van der Waals surface area contributed by atoms with E-state index in [4.69, 9.17) is 9.72 Å². The van der Waals surface area contributed by atoms with E-state index < -0.39 is 0 Å². The molecule has 204 valence electrons. The molecule has 0 unspecified atom stereocenters. The second-order valence-corrected chi connectivity index (χ2v) is 9.64. The predicted octanol–water partition coefficient (Wildman–Crippen LogP) is 5.08. The number of piperazine rings is 1. The topological polar surface area (TPSA) is 95.5 Å². The number of ketones is 1.